The molecular weight excluding hydrogens is 174 g/mol. The zero-order chi connectivity index (χ0) is 5.70. The Labute approximate surface area is 64.7 Å². The Morgan fingerprint density at radius 1 is 1.50 bits per heavy atom. The van der Waals surface area contributed by atoms with Crippen LogP contribution in [0.1, 0.15) is 0 Å². The van der Waals surface area contributed by atoms with Crippen molar-refractivity contribution in [3.63, 3.8) is 0 Å². The number of methoxy groups -OCH3 is 2. The third-order valence-electron chi connectivity index (χ3n) is 0.553. The van der Waals surface area contributed by atoms with Crippen molar-refractivity contribution in [1.29, 1.82) is 0 Å². The van der Waals surface area contributed by atoms with Gasteiger partial charge in [0.05, 0.1) is 6.61 Å². The van der Waals surface area contributed by atoms with Crippen LogP contribution >= 0.6 is 11.6 Å². The van der Waals surface area contributed by atoms with Crippen LogP contribution in [0.25, 0.3) is 0 Å². The van der Waals surface area contributed by atoms with Gasteiger partial charge in [-0.1, -0.05) is 11.6 Å². The summed E-state index contributed by atoms with van der Waals surface area (Å²) in [7, 11) is 3.12. The predicted octanol–water partition coefficient (Wildman–Crippen LogP) is 0.842. The minimum atomic E-state index is -0.301. The van der Waals surface area contributed by atoms with E-state index in [1.807, 2.05) is 0 Å². The molecule has 0 aromatic rings. The van der Waals surface area contributed by atoms with Crippen LogP contribution in [0.3, 0.4) is 0 Å². The normalized spacial score (nSPS) is 12.4. The smallest absolute Gasteiger partial charge is 0.153 e. The van der Waals surface area contributed by atoms with Crippen molar-refractivity contribution in [2.75, 3.05) is 20.8 Å². The Hall–Kier alpha value is 0.716. The molecule has 0 aromatic carbocycles. The molecule has 1 unspecified atom stereocenters. The largest absolute Gasteiger partial charge is 0.381 e. The fraction of sp³-hybridized carbons (Fsp3) is 1.00. The third kappa shape index (κ3) is 6.72. The zero-order valence-corrected chi connectivity index (χ0v) is 6.61. The van der Waals surface area contributed by atoms with Gasteiger partial charge in [-0.05, 0) is 0 Å². The number of ether oxygens (including phenoxy) is 2. The minimum Gasteiger partial charge on any atom is -0.381 e. The van der Waals surface area contributed by atoms with Gasteiger partial charge in [0.1, 0.15) is 0 Å². The van der Waals surface area contributed by atoms with Crippen LogP contribution in [0, 0.1) is 0 Å². The molecule has 0 saturated heterocycles. The number of hydrogen-bond acceptors (Lipinski definition) is 2. The molecule has 0 N–H and O–H groups in total. The molecule has 0 fully saturated rings. The van der Waals surface area contributed by atoms with Gasteiger partial charge in [-0.3, -0.25) is 0 Å². The van der Waals surface area contributed by atoms with Crippen LogP contribution in [0.5, 0.6) is 0 Å². The van der Waals surface area contributed by atoms with Gasteiger partial charge >= 0.3 is 0 Å². The molecule has 0 bridgehead atoms. The zero-order valence-electron chi connectivity index (χ0n) is 4.81. The molecule has 0 spiro atoms. The quantitative estimate of drug-likeness (QED) is 0.604. The number of rotatable bonds is 3. The van der Waals surface area contributed by atoms with Crippen LogP contribution in [-0.4, -0.2) is 26.4 Å². The van der Waals surface area contributed by atoms with E-state index in [9.17, 15) is 0 Å². The molecule has 0 heterocycles. The summed E-state index contributed by atoms with van der Waals surface area (Å²) in [6.07, 6.45) is 0. The van der Waals surface area contributed by atoms with Crippen molar-refractivity contribution in [3.8, 4) is 0 Å². The summed E-state index contributed by atoms with van der Waals surface area (Å²) < 4.78 is 9.27. The second-order valence-corrected chi connectivity index (χ2v) is 1.59. The van der Waals surface area contributed by atoms with Crippen LogP contribution in [0.2, 0.25) is 0 Å². The summed E-state index contributed by atoms with van der Waals surface area (Å²) in [5.74, 6) is 0. The molecule has 4 heteroatoms. The monoisotopic (exact) mass is 183 g/mol. The fourth-order valence-corrected chi connectivity index (χ4v) is 0.325. The summed E-state index contributed by atoms with van der Waals surface area (Å²) in [5, 5.41) is 0. The van der Waals surface area contributed by atoms with Gasteiger partial charge in [-0.25, -0.2) is 0 Å². The summed E-state index contributed by atoms with van der Waals surface area (Å²) >= 11 is 5.42. The van der Waals surface area contributed by atoms with Crippen molar-refractivity contribution in [1.82, 2.24) is 0 Å². The van der Waals surface area contributed by atoms with Gasteiger partial charge in [0, 0.05) is 31.0 Å². The molecule has 0 aliphatic heterocycles. The minimum absolute atomic E-state index is 0. The average Bonchev–Trinajstić information content (AvgIpc) is 1.68. The first kappa shape index (κ1) is 11.5. The molecule has 0 aliphatic carbocycles. The fourth-order valence-electron chi connectivity index (χ4n) is 0.199. The van der Waals surface area contributed by atoms with Gasteiger partial charge in [-0.2, -0.15) is 0 Å². The second-order valence-electron chi connectivity index (χ2n) is 1.10. The van der Waals surface area contributed by atoms with Crippen molar-refractivity contribution < 1.29 is 26.3 Å². The molecule has 0 rings (SSSR count). The molecule has 0 amide bonds. The van der Waals surface area contributed by atoms with E-state index in [0.29, 0.717) is 6.61 Å². The maximum Gasteiger partial charge on any atom is 0.153 e. The van der Waals surface area contributed by atoms with Crippen molar-refractivity contribution in [3.05, 3.63) is 0 Å². The van der Waals surface area contributed by atoms with E-state index in [-0.39, 0.29) is 22.3 Å². The number of alkyl halides is 1. The molecule has 0 saturated carbocycles. The predicted molar refractivity (Wildman–Crippen MR) is 28.5 cm³/mol. The Morgan fingerprint density at radius 2 is 2.00 bits per heavy atom. The molecule has 8 heavy (non-hydrogen) atoms. The molecule has 2 nitrogen and oxygen atoms in total. The Balaban J connectivity index is 0. The van der Waals surface area contributed by atoms with Crippen LogP contribution < -0.4 is 0 Å². The second kappa shape index (κ2) is 7.72. The topological polar surface area (TPSA) is 18.5 Å². The van der Waals surface area contributed by atoms with E-state index >= 15 is 0 Å². The number of halogens is 1. The maximum atomic E-state index is 5.42. The summed E-state index contributed by atoms with van der Waals surface area (Å²) in [5.41, 5.74) is -0.301. The van der Waals surface area contributed by atoms with E-state index in [0.717, 1.165) is 0 Å². The summed E-state index contributed by atoms with van der Waals surface area (Å²) in [4.78, 5) is 0. The molecular formula is C4H9ClCoO2. The third-order valence-corrected chi connectivity index (χ3v) is 0.858. The molecule has 0 aromatic heterocycles. The van der Waals surface area contributed by atoms with E-state index < -0.39 is 0 Å². The van der Waals surface area contributed by atoms with Gasteiger partial charge in [0.15, 0.2) is 5.56 Å². The standard InChI is InChI=1S/C4H9ClO2.Co/c1-6-3-4(5)7-2;/h4H,3H2,1-2H3;. The van der Waals surface area contributed by atoms with E-state index in [1.54, 1.807) is 7.11 Å². The Bertz CT molecular complexity index is 45.0. The van der Waals surface area contributed by atoms with Gasteiger partial charge in [0.25, 0.3) is 0 Å². The van der Waals surface area contributed by atoms with E-state index in [2.05, 4.69) is 9.47 Å². The Kier molecular flexibility index (Phi) is 11.1. The first-order valence-corrected chi connectivity index (χ1v) is 2.40. The van der Waals surface area contributed by atoms with Gasteiger partial charge in [-0.15, -0.1) is 0 Å². The van der Waals surface area contributed by atoms with E-state index in [4.69, 9.17) is 11.6 Å². The molecule has 53 valence electrons. The Morgan fingerprint density at radius 3 is 2.12 bits per heavy atom. The summed E-state index contributed by atoms with van der Waals surface area (Å²) in [6.45, 7) is 0.443. The summed E-state index contributed by atoms with van der Waals surface area (Å²) in [6, 6.07) is 0. The number of hydrogen-bond donors (Lipinski definition) is 0. The van der Waals surface area contributed by atoms with E-state index in [1.165, 1.54) is 7.11 Å². The van der Waals surface area contributed by atoms with Crippen LogP contribution in [0.4, 0.5) is 0 Å². The first-order valence-electron chi connectivity index (χ1n) is 1.97. The SMILES string of the molecule is COCC(Cl)OC.[Co]. The molecule has 1 radical (unpaired) electrons. The van der Waals surface area contributed by atoms with Gasteiger partial charge in [0.2, 0.25) is 0 Å². The average molecular weight is 184 g/mol. The van der Waals surface area contributed by atoms with Crippen molar-refractivity contribution in [2.24, 2.45) is 0 Å². The van der Waals surface area contributed by atoms with Crippen LogP contribution in [-0.2, 0) is 26.3 Å². The van der Waals surface area contributed by atoms with Crippen LogP contribution in [0.15, 0.2) is 0 Å². The van der Waals surface area contributed by atoms with Crippen molar-refractivity contribution in [2.45, 2.75) is 5.56 Å². The van der Waals surface area contributed by atoms with Crippen molar-refractivity contribution >= 4 is 11.6 Å². The van der Waals surface area contributed by atoms with Gasteiger partial charge < -0.3 is 9.47 Å². The molecule has 0 aliphatic rings. The molecule has 1 atom stereocenters. The first-order chi connectivity index (χ1) is 3.31. The maximum absolute atomic E-state index is 5.42.